The molecule has 8 heteroatoms. The summed E-state index contributed by atoms with van der Waals surface area (Å²) in [6, 6.07) is 0. The number of aliphatic imine (C=N–C) groups is 1. The number of esters is 1. The number of ether oxygens (including phenoxy) is 2. The summed E-state index contributed by atoms with van der Waals surface area (Å²) in [6.07, 6.45) is 1.07. The second-order valence-electron chi connectivity index (χ2n) is 6.69. The third kappa shape index (κ3) is 7.06. The average Bonchev–Trinajstić information content (AvgIpc) is 2.53. The third-order valence-corrected chi connectivity index (χ3v) is 3.62. The molecule has 1 saturated heterocycles. The zero-order valence-electron chi connectivity index (χ0n) is 15.3. The van der Waals surface area contributed by atoms with E-state index in [-0.39, 0.29) is 11.9 Å². The lowest BCUT2D eigenvalue weighted by Crippen LogP contribution is -2.48. The van der Waals surface area contributed by atoms with Gasteiger partial charge in [-0.15, -0.1) is 0 Å². The Balaban J connectivity index is 2.29. The molecule has 0 atom stereocenters. The summed E-state index contributed by atoms with van der Waals surface area (Å²) < 4.78 is 9.96. The van der Waals surface area contributed by atoms with Gasteiger partial charge in [0, 0.05) is 33.2 Å². The maximum absolute atomic E-state index is 11.6. The fourth-order valence-corrected chi connectivity index (χ4v) is 2.48. The average molecular weight is 342 g/mol. The molecule has 0 aromatic heterocycles. The van der Waals surface area contributed by atoms with E-state index in [9.17, 15) is 9.59 Å². The number of nitrogens with one attached hydrogen (secondary N) is 2. The molecule has 1 amide bonds. The predicted octanol–water partition coefficient (Wildman–Crippen LogP) is 0.972. The van der Waals surface area contributed by atoms with Gasteiger partial charge in [-0.3, -0.25) is 9.79 Å². The van der Waals surface area contributed by atoms with Crippen molar-refractivity contribution in [1.29, 1.82) is 0 Å². The number of piperidine rings is 1. The molecule has 0 bridgehead atoms. The maximum Gasteiger partial charge on any atom is 0.407 e. The van der Waals surface area contributed by atoms with Crippen molar-refractivity contribution in [3.05, 3.63) is 0 Å². The van der Waals surface area contributed by atoms with Crippen LogP contribution in [0.3, 0.4) is 0 Å². The Morgan fingerprint density at radius 2 is 1.75 bits per heavy atom. The van der Waals surface area contributed by atoms with Gasteiger partial charge in [0.2, 0.25) is 0 Å². The zero-order valence-corrected chi connectivity index (χ0v) is 15.3. The number of amides is 1. The van der Waals surface area contributed by atoms with E-state index >= 15 is 0 Å². The van der Waals surface area contributed by atoms with Gasteiger partial charge in [0.05, 0.1) is 13.0 Å². The summed E-state index contributed by atoms with van der Waals surface area (Å²) in [7, 11) is 3.14. The van der Waals surface area contributed by atoms with E-state index in [1.54, 1.807) is 7.05 Å². The summed E-state index contributed by atoms with van der Waals surface area (Å²) in [5.41, 5.74) is -0.502. The highest BCUT2D eigenvalue weighted by molar-refractivity contribution is 5.80. The fraction of sp³-hybridized carbons (Fsp3) is 0.812. The molecule has 1 aliphatic rings. The van der Waals surface area contributed by atoms with Gasteiger partial charge >= 0.3 is 12.1 Å². The Kier molecular flexibility index (Phi) is 7.81. The Hall–Kier alpha value is -1.99. The first-order chi connectivity index (χ1) is 11.3. The van der Waals surface area contributed by atoms with Crippen LogP contribution in [0.2, 0.25) is 0 Å². The lowest BCUT2D eigenvalue weighted by molar-refractivity contribution is -0.146. The van der Waals surface area contributed by atoms with E-state index in [1.807, 2.05) is 20.8 Å². The van der Waals surface area contributed by atoms with E-state index in [4.69, 9.17) is 9.47 Å². The molecule has 0 spiro atoms. The second kappa shape index (κ2) is 9.34. The highest BCUT2D eigenvalue weighted by Crippen LogP contribution is 2.18. The van der Waals surface area contributed by atoms with Crippen molar-refractivity contribution in [2.75, 3.05) is 40.3 Å². The monoisotopic (exact) mass is 342 g/mol. The summed E-state index contributed by atoms with van der Waals surface area (Å²) in [5.74, 6) is 0.599. The van der Waals surface area contributed by atoms with Crippen molar-refractivity contribution >= 4 is 18.0 Å². The lowest BCUT2D eigenvalue weighted by atomic mass is 9.97. The van der Waals surface area contributed by atoms with E-state index in [2.05, 4.69) is 20.5 Å². The van der Waals surface area contributed by atoms with Crippen LogP contribution in [-0.4, -0.2) is 68.9 Å². The molecule has 0 aromatic rings. The minimum atomic E-state index is -0.502. The lowest BCUT2D eigenvalue weighted by Gasteiger charge is -2.33. The van der Waals surface area contributed by atoms with Crippen molar-refractivity contribution in [3.63, 3.8) is 0 Å². The van der Waals surface area contributed by atoms with Crippen LogP contribution in [0, 0.1) is 5.92 Å². The van der Waals surface area contributed by atoms with Gasteiger partial charge in [-0.25, -0.2) is 4.79 Å². The van der Waals surface area contributed by atoms with Crippen molar-refractivity contribution in [2.45, 2.75) is 39.2 Å². The number of rotatable bonds is 4. The molecule has 1 aliphatic heterocycles. The number of likely N-dealkylation sites (tertiary alicyclic amines) is 1. The molecule has 0 saturated carbocycles. The Labute approximate surface area is 144 Å². The minimum absolute atomic E-state index is 0.0295. The SMILES string of the molecule is CN=C(NCCNC(=O)OC(C)(C)C)N1CCC(C(=O)OC)CC1. The van der Waals surface area contributed by atoms with Crippen LogP contribution in [0.4, 0.5) is 4.79 Å². The molecular weight excluding hydrogens is 312 g/mol. The van der Waals surface area contributed by atoms with E-state index in [1.165, 1.54) is 7.11 Å². The van der Waals surface area contributed by atoms with Gasteiger partial charge in [-0.2, -0.15) is 0 Å². The van der Waals surface area contributed by atoms with Gasteiger partial charge in [-0.05, 0) is 33.6 Å². The number of hydrogen-bond acceptors (Lipinski definition) is 5. The van der Waals surface area contributed by atoms with Crippen LogP contribution in [-0.2, 0) is 14.3 Å². The molecule has 0 aromatic carbocycles. The second-order valence-corrected chi connectivity index (χ2v) is 6.69. The topological polar surface area (TPSA) is 92.3 Å². The largest absolute Gasteiger partial charge is 0.469 e. The molecule has 1 rings (SSSR count). The predicted molar refractivity (Wildman–Crippen MR) is 91.9 cm³/mol. The van der Waals surface area contributed by atoms with Gasteiger partial charge in [0.25, 0.3) is 0 Å². The first-order valence-electron chi connectivity index (χ1n) is 8.27. The molecule has 24 heavy (non-hydrogen) atoms. The summed E-state index contributed by atoms with van der Waals surface area (Å²) in [6.45, 7) is 7.95. The first-order valence-corrected chi connectivity index (χ1v) is 8.27. The van der Waals surface area contributed by atoms with Crippen molar-refractivity contribution in [1.82, 2.24) is 15.5 Å². The number of hydrogen-bond donors (Lipinski definition) is 2. The number of carbonyl (C=O) groups excluding carboxylic acids is 2. The molecule has 0 aliphatic carbocycles. The molecule has 2 N–H and O–H groups in total. The van der Waals surface area contributed by atoms with E-state index < -0.39 is 11.7 Å². The summed E-state index contributed by atoms with van der Waals surface area (Å²) >= 11 is 0. The van der Waals surface area contributed by atoms with Gasteiger partial charge in [-0.1, -0.05) is 0 Å². The van der Waals surface area contributed by atoms with Crippen LogP contribution in [0.1, 0.15) is 33.6 Å². The van der Waals surface area contributed by atoms with E-state index in [0.29, 0.717) is 13.1 Å². The van der Waals surface area contributed by atoms with Gasteiger partial charge in [0.1, 0.15) is 5.60 Å². The van der Waals surface area contributed by atoms with Crippen molar-refractivity contribution in [3.8, 4) is 0 Å². The van der Waals surface area contributed by atoms with Crippen LogP contribution >= 0.6 is 0 Å². The standard InChI is InChI=1S/C16H30N4O4/c1-16(2,3)24-15(22)19-9-8-18-14(17-4)20-10-6-12(7-11-20)13(21)23-5/h12H,6-11H2,1-5H3,(H,17,18)(H,19,22). The molecular formula is C16H30N4O4. The zero-order chi connectivity index (χ0) is 18.2. The summed E-state index contributed by atoms with van der Waals surface area (Å²) in [5, 5.41) is 5.90. The number of methoxy groups -OCH3 is 1. The first kappa shape index (κ1) is 20.1. The number of nitrogens with zero attached hydrogens (tertiary/aromatic N) is 2. The highest BCUT2D eigenvalue weighted by Gasteiger charge is 2.26. The van der Waals surface area contributed by atoms with Crippen molar-refractivity contribution in [2.24, 2.45) is 10.9 Å². The van der Waals surface area contributed by atoms with E-state index in [0.717, 1.165) is 31.9 Å². The maximum atomic E-state index is 11.6. The molecule has 1 heterocycles. The normalized spacial score (nSPS) is 16.5. The smallest absolute Gasteiger partial charge is 0.407 e. The minimum Gasteiger partial charge on any atom is -0.469 e. The Bertz CT molecular complexity index is 451. The fourth-order valence-electron chi connectivity index (χ4n) is 2.48. The third-order valence-electron chi connectivity index (χ3n) is 3.62. The molecule has 138 valence electrons. The van der Waals surface area contributed by atoms with Gasteiger partial charge < -0.3 is 25.0 Å². The van der Waals surface area contributed by atoms with Gasteiger partial charge in [0.15, 0.2) is 5.96 Å². The Morgan fingerprint density at radius 3 is 2.25 bits per heavy atom. The van der Waals surface area contributed by atoms with Crippen LogP contribution in [0.25, 0.3) is 0 Å². The number of guanidine groups is 1. The molecule has 8 nitrogen and oxygen atoms in total. The molecule has 0 radical (unpaired) electrons. The number of carbonyl (C=O) groups is 2. The summed E-state index contributed by atoms with van der Waals surface area (Å²) in [4.78, 5) is 29.5. The quantitative estimate of drug-likeness (QED) is 0.342. The van der Waals surface area contributed by atoms with Crippen LogP contribution in [0.15, 0.2) is 4.99 Å². The Morgan fingerprint density at radius 1 is 1.17 bits per heavy atom. The number of alkyl carbamates (subject to hydrolysis) is 1. The van der Waals surface area contributed by atoms with Crippen molar-refractivity contribution < 1.29 is 19.1 Å². The van der Waals surface area contributed by atoms with Crippen LogP contribution < -0.4 is 10.6 Å². The molecule has 0 unspecified atom stereocenters. The highest BCUT2D eigenvalue weighted by atomic mass is 16.6. The van der Waals surface area contributed by atoms with Crippen LogP contribution in [0.5, 0.6) is 0 Å². The molecule has 1 fully saturated rings.